The Morgan fingerprint density at radius 1 is 1.52 bits per heavy atom. The van der Waals surface area contributed by atoms with Crippen LogP contribution in [0.5, 0.6) is 11.5 Å². The van der Waals surface area contributed by atoms with Crippen molar-refractivity contribution < 1.29 is 9.47 Å². The first-order chi connectivity index (χ1) is 10.2. The molecule has 0 saturated carbocycles. The number of tetrazole rings is 1. The molecule has 0 fully saturated rings. The van der Waals surface area contributed by atoms with Crippen LogP contribution in [0.15, 0.2) is 34.4 Å². The molecule has 0 bridgehead atoms. The number of nitrogens with one attached hydrogen (secondary N) is 2. The molecule has 0 radical (unpaired) electrons. The van der Waals surface area contributed by atoms with Gasteiger partial charge >= 0.3 is 0 Å². The Kier molecular flexibility index (Phi) is 5.27. The molecule has 21 heavy (non-hydrogen) atoms. The van der Waals surface area contributed by atoms with Crippen LogP contribution in [0.3, 0.4) is 0 Å². The molecule has 2 aromatic rings. The van der Waals surface area contributed by atoms with Gasteiger partial charge in [-0.05, 0) is 38.8 Å². The number of rotatable bonds is 7. The van der Waals surface area contributed by atoms with Crippen LogP contribution < -0.4 is 14.9 Å². The zero-order valence-electron chi connectivity index (χ0n) is 11.2. The van der Waals surface area contributed by atoms with Gasteiger partial charge < -0.3 is 9.47 Å². The lowest BCUT2D eigenvalue weighted by Crippen LogP contribution is -1.99. The highest BCUT2D eigenvalue weighted by Crippen LogP contribution is 2.36. The fourth-order valence-electron chi connectivity index (χ4n) is 1.47. The maximum Gasteiger partial charge on any atom is 0.283 e. The van der Waals surface area contributed by atoms with Crippen LogP contribution in [0.4, 0.5) is 5.95 Å². The standard InChI is InChI=1S/C12H13BrN6O2/c1-3-4-21-11-9(13)5-8(6-10(11)20-2)7-14-15-12-16-18-19-17-12/h3,5-7H,1,4H2,2H3,(H2,15,16,17,18,19). The van der Waals surface area contributed by atoms with Crippen molar-refractivity contribution in [1.29, 1.82) is 0 Å². The first-order valence-electron chi connectivity index (χ1n) is 5.88. The molecule has 1 aromatic heterocycles. The number of benzene rings is 1. The highest BCUT2D eigenvalue weighted by molar-refractivity contribution is 9.10. The van der Waals surface area contributed by atoms with Gasteiger partial charge in [-0.2, -0.15) is 10.3 Å². The molecular formula is C12H13BrN6O2. The second kappa shape index (κ2) is 7.39. The fourth-order valence-corrected chi connectivity index (χ4v) is 2.04. The summed E-state index contributed by atoms with van der Waals surface area (Å²) in [7, 11) is 1.57. The molecule has 0 amide bonds. The van der Waals surface area contributed by atoms with Gasteiger partial charge in [0, 0.05) is 0 Å². The lowest BCUT2D eigenvalue weighted by atomic mass is 10.2. The Labute approximate surface area is 129 Å². The van der Waals surface area contributed by atoms with Crippen molar-refractivity contribution in [2.75, 3.05) is 19.1 Å². The molecule has 0 aliphatic carbocycles. The first kappa shape index (κ1) is 15.0. The molecule has 0 saturated heterocycles. The van der Waals surface area contributed by atoms with E-state index in [-0.39, 0.29) is 5.95 Å². The smallest absolute Gasteiger partial charge is 0.283 e. The number of aromatic amines is 1. The van der Waals surface area contributed by atoms with Crippen molar-refractivity contribution in [1.82, 2.24) is 20.6 Å². The Morgan fingerprint density at radius 2 is 2.38 bits per heavy atom. The Bertz CT molecular complexity index is 629. The van der Waals surface area contributed by atoms with E-state index in [1.165, 1.54) is 0 Å². The molecule has 0 atom stereocenters. The van der Waals surface area contributed by atoms with Crippen molar-refractivity contribution in [3.8, 4) is 11.5 Å². The second-order valence-corrected chi connectivity index (χ2v) is 4.59. The van der Waals surface area contributed by atoms with E-state index in [4.69, 9.17) is 9.47 Å². The summed E-state index contributed by atoms with van der Waals surface area (Å²) < 4.78 is 11.6. The quantitative estimate of drug-likeness (QED) is 0.449. The molecule has 0 aliphatic rings. The number of ether oxygens (including phenoxy) is 2. The summed E-state index contributed by atoms with van der Waals surface area (Å²) in [5.41, 5.74) is 3.44. The van der Waals surface area contributed by atoms with Crippen LogP contribution in [0, 0.1) is 0 Å². The van der Waals surface area contributed by atoms with Gasteiger partial charge in [0.15, 0.2) is 11.5 Å². The van der Waals surface area contributed by atoms with Gasteiger partial charge in [-0.3, -0.25) is 0 Å². The molecule has 2 rings (SSSR count). The van der Waals surface area contributed by atoms with Gasteiger partial charge in [-0.1, -0.05) is 17.8 Å². The third-order valence-corrected chi connectivity index (χ3v) is 2.91. The van der Waals surface area contributed by atoms with E-state index in [0.717, 1.165) is 10.0 Å². The average molecular weight is 353 g/mol. The molecule has 8 nitrogen and oxygen atoms in total. The van der Waals surface area contributed by atoms with Gasteiger partial charge in [0.25, 0.3) is 5.95 Å². The van der Waals surface area contributed by atoms with Crippen LogP contribution in [0.25, 0.3) is 0 Å². The van der Waals surface area contributed by atoms with Crippen molar-refractivity contribution in [2.24, 2.45) is 5.10 Å². The molecule has 9 heteroatoms. The monoisotopic (exact) mass is 352 g/mol. The van der Waals surface area contributed by atoms with Gasteiger partial charge in [-0.15, -0.1) is 5.10 Å². The number of hydrazone groups is 1. The normalized spacial score (nSPS) is 10.6. The number of methoxy groups -OCH3 is 1. The number of H-pyrrole nitrogens is 1. The largest absolute Gasteiger partial charge is 0.493 e. The van der Waals surface area contributed by atoms with Crippen molar-refractivity contribution in [3.63, 3.8) is 0 Å². The fraction of sp³-hybridized carbons (Fsp3) is 0.167. The van der Waals surface area contributed by atoms with Crippen LogP contribution in [-0.2, 0) is 0 Å². The predicted molar refractivity (Wildman–Crippen MR) is 81.8 cm³/mol. The topological polar surface area (TPSA) is 97.3 Å². The van der Waals surface area contributed by atoms with Crippen LogP contribution in [0.2, 0.25) is 0 Å². The summed E-state index contributed by atoms with van der Waals surface area (Å²) in [6, 6.07) is 3.65. The number of halogens is 1. The summed E-state index contributed by atoms with van der Waals surface area (Å²) in [4.78, 5) is 0. The minimum Gasteiger partial charge on any atom is -0.493 e. The number of hydrogen-bond acceptors (Lipinski definition) is 7. The summed E-state index contributed by atoms with van der Waals surface area (Å²) in [6.07, 6.45) is 3.26. The number of aromatic nitrogens is 4. The lowest BCUT2D eigenvalue weighted by Gasteiger charge is -2.12. The molecule has 0 unspecified atom stereocenters. The van der Waals surface area contributed by atoms with Crippen molar-refractivity contribution in [2.45, 2.75) is 0 Å². The average Bonchev–Trinajstić information content (AvgIpc) is 2.99. The summed E-state index contributed by atoms with van der Waals surface area (Å²) in [6.45, 7) is 4.00. The van der Waals surface area contributed by atoms with E-state index in [9.17, 15) is 0 Å². The van der Waals surface area contributed by atoms with E-state index < -0.39 is 0 Å². The first-order valence-corrected chi connectivity index (χ1v) is 6.67. The Balaban J connectivity index is 2.15. The molecule has 2 N–H and O–H groups in total. The summed E-state index contributed by atoms with van der Waals surface area (Å²) >= 11 is 3.44. The number of anilines is 1. The number of nitrogens with zero attached hydrogens (tertiary/aromatic N) is 4. The van der Waals surface area contributed by atoms with E-state index in [1.54, 1.807) is 25.5 Å². The van der Waals surface area contributed by atoms with Crippen LogP contribution in [-0.4, -0.2) is 40.6 Å². The molecule has 110 valence electrons. The molecule has 1 aromatic carbocycles. The second-order valence-electron chi connectivity index (χ2n) is 3.74. The lowest BCUT2D eigenvalue weighted by molar-refractivity contribution is 0.324. The zero-order valence-corrected chi connectivity index (χ0v) is 12.8. The Morgan fingerprint density at radius 3 is 3.05 bits per heavy atom. The highest BCUT2D eigenvalue weighted by Gasteiger charge is 2.10. The summed E-state index contributed by atoms with van der Waals surface area (Å²) in [5, 5.41) is 17.1. The van der Waals surface area contributed by atoms with Crippen molar-refractivity contribution in [3.05, 3.63) is 34.8 Å². The molecule has 1 heterocycles. The van der Waals surface area contributed by atoms with Crippen molar-refractivity contribution >= 4 is 28.1 Å². The minimum atomic E-state index is 0.281. The minimum absolute atomic E-state index is 0.281. The van der Waals surface area contributed by atoms with E-state index in [1.807, 2.05) is 6.07 Å². The Hall–Kier alpha value is -2.42. The summed E-state index contributed by atoms with van der Waals surface area (Å²) in [5.74, 6) is 1.48. The van der Waals surface area contributed by atoms with Crippen LogP contribution in [0.1, 0.15) is 5.56 Å². The molecular weight excluding hydrogens is 340 g/mol. The highest BCUT2D eigenvalue weighted by atomic mass is 79.9. The van der Waals surface area contributed by atoms with Gasteiger partial charge in [0.1, 0.15) is 6.61 Å². The number of hydrogen-bond donors (Lipinski definition) is 2. The maximum absolute atomic E-state index is 5.54. The van der Waals surface area contributed by atoms with Gasteiger partial charge in [-0.25, -0.2) is 5.43 Å². The SMILES string of the molecule is C=CCOc1c(Br)cc(C=NNc2nn[nH]n2)cc1OC. The van der Waals surface area contributed by atoms with E-state index in [2.05, 4.69) is 53.7 Å². The maximum atomic E-state index is 5.54. The van der Waals surface area contributed by atoms with Gasteiger partial charge in [0.05, 0.1) is 17.8 Å². The van der Waals surface area contributed by atoms with Crippen LogP contribution >= 0.6 is 15.9 Å². The third kappa shape index (κ3) is 4.02. The predicted octanol–water partition coefficient (Wildman–Crippen LogP) is 1.98. The van der Waals surface area contributed by atoms with E-state index >= 15 is 0 Å². The van der Waals surface area contributed by atoms with E-state index in [0.29, 0.717) is 18.1 Å². The van der Waals surface area contributed by atoms with Gasteiger partial charge in [0.2, 0.25) is 0 Å². The molecule has 0 aliphatic heterocycles. The molecule has 0 spiro atoms. The zero-order chi connectivity index (χ0) is 15.1. The third-order valence-electron chi connectivity index (χ3n) is 2.32.